The number of nitrogens with zero attached hydrogens (tertiary/aromatic N) is 3. The molecule has 0 amide bonds. The van der Waals surface area contributed by atoms with Crippen LogP contribution in [0.1, 0.15) is 22.5 Å². The van der Waals surface area contributed by atoms with Gasteiger partial charge < -0.3 is 18.5 Å². The number of hydrogen-bond acceptors (Lipinski definition) is 5. The van der Waals surface area contributed by atoms with Crippen molar-refractivity contribution < 1.29 is 13.9 Å². The van der Waals surface area contributed by atoms with Gasteiger partial charge in [0.15, 0.2) is 0 Å². The molecule has 0 aliphatic rings. The van der Waals surface area contributed by atoms with Gasteiger partial charge in [-0.2, -0.15) is 5.26 Å². The molecule has 0 bridgehead atoms. The number of halogens is 1. The lowest BCUT2D eigenvalue weighted by Crippen LogP contribution is -1.99. The summed E-state index contributed by atoms with van der Waals surface area (Å²) in [4.78, 5) is 4.69. The minimum atomic E-state index is 0.258. The van der Waals surface area contributed by atoms with Crippen LogP contribution in [-0.2, 0) is 0 Å². The quantitative estimate of drug-likeness (QED) is 0.135. The summed E-state index contributed by atoms with van der Waals surface area (Å²) in [6.45, 7) is 4.13. The summed E-state index contributed by atoms with van der Waals surface area (Å²) in [7, 11) is 3.25. The van der Waals surface area contributed by atoms with E-state index in [1.165, 1.54) is 3.57 Å². The highest BCUT2D eigenvalue weighted by molar-refractivity contribution is 14.1. The van der Waals surface area contributed by atoms with Crippen molar-refractivity contribution in [2.75, 3.05) is 14.2 Å². The van der Waals surface area contributed by atoms with Crippen LogP contribution < -0.4 is 9.47 Å². The Bertz CT molecular complexity index is 1690. The fraction of sp³-hybridized carbons (Fsp3) is 0.125. The molecule has 0 radical (unpaired) electrons. The molecule has 0 spiro atoms. The number of nitriles is 1. The summed E-state index contributed by atoms with van der Waals surface area (Å²) >= 11 is 2.30. The third-order valence-electron chi connectivity index (χ3n) is 6.61. The number of aliphatic imine (C=N–C) groups is 1. The van der Waals surface area contributed by atoms with Gasteiger partial charge in [-0.05, 0) is 109 Å². The van der Waals surface area contributed by atoms with E-state index in [0.717, 1.165) is 45.3 Å². The molecule has 0 aliphatic heterocycles. The molecular formula is C32H26IN3O3. The Kier molecular flexibility index (Phi) is 7.57. The molecule has 7 heteroatoms. The van der Waals surface area contributed by atoms with Gasteiger partial charge in [-0.25, -0.2) is 4.99 Å². The average molecular weight is 627 g/mol. The molecule has 2 aromatic heterocycles. The van der Waals surface area contributed by atoms with Gasteiger partial charge in [0.05, 0.1) is 14.2 Å². The van der Waals surface area contributed by atoms with Crippen LogP contribution in [0.5, 0.6) is 11.5 Å². The molecule has 3 aromatic carbocycles. The van der Waals surface area contributed by atoms with Crippen LogP contribution in [0.4, 0.5) is 5.88 Å². The molecule has 5 aromatic rings. The number of furan rings is 1. The molecule has 194 valence electrons. The zero-order chi connectivity index (χ0) is 27.5. The topological polar surface area (TPSA) is 72.7 Å². The second-order valence-electron chi connectivity index (χ2n) is 8.95. The van der Waals surface area contributed by atoms with Crippen LogP contribution in [0.15, 0.2) is 88.3 Å². The summed E-state index contributed by atoms with van der Waals surface area (Å²) in [5, 5.41) is 10.2. The van der Waals surface area contributed by atoms with Crippen LogP contribution in [-0.4, -0.2) is 25.0 Å². The highest BCUT2D eigenvalue weighted by Gasteiger charge is 2.23. The first-order valence-corrected chi connectivity index (χ1v) is 13.4. The fourth-order valence-corrected chi connectivity index (χ4v) is 4.99. The number of aryl methyl sites for hydroxylation is 1. The van der Waals surface area contributed by atoms with Crippen LogP contribution in [0.2, 0.25) is 0 Å². The number of aromatic nitrogens is 1. The molecule has 0 fully saturated rings. The molecule has 0 unspecified atom stereocenters. The maximum absolute atomic E-state index is 10.2. The second kappa shape index (κ2) is 11.2. The Morgan fingerprint density at radius 2 is 1.46 bits per heavy atom. The van der Waals surface area contributed by atoms with E-state index >= 15 is 0 Å². The Morgan fingerprint density at radius 1 is 0.872 bits per heavy atom. The third kappa shape index (κ3) is 5.20. The van der Waals surface area contributed by atoms with E-state index in [1.54, 1.807) is 20.4 Å². The Labute approximate surface area is 241 Å². The highest BCUT2D eigenvalue weighted by Crippen LogP contribution is 2.43. The van der Waals surface area contributed by atoms with Crippen molar-refractivity contribution in [3.05, 3.63) is 105 Å². The van der Waals surface area contributed by atoms with Crippen molar-refractivity contribution in [3.8, 4) is 45.7 Å². The van der Waals surface area contributed by atoms with Crippen molar-refractivity contribution in [1.29, 1.82) is 5.26 Å². The minimum absolute atomic E-state index is 0.258. The predicted octanol–water partition coefficient (Wildman–Crippen LogP) is 8.27. The molecule has 0 N–H and O–H groups in total. The van der Waals surface area contributed by atoms with Crippen molar-refractivity contribution in [3.63, 3.8) is 0 Å². The van der Waals surface area contributed by atoms with Gasteiger partial charge in [0.2, 0.25) is 5.88 Å². The monoisotopic (exact) mass is 627 g/mol. The lowest BCUT2D eigenvalue weighted by molar-refractivity contribution is 0.414. The first-order chi connectivity index (χ1) is 18.9. The van der Waals surface area contributed by atoms with E-state index in [4.69, 9.17) is 18.9 Å². The van der Waals surface area contributed by atoms with E-state index in [9.17, 15) is 5.26 Å². The van der Waals surface area contributed by atoms with Gasteiger partial charge in [-0.15, -0.1) is 0 Å². The SMILES string of the molecule is COc1ccc(-c2oc(N=Cc3cc(C)n(-c4ccc(I)cc4)c3C)c(C#N)c2-c2ccc(OC)cc2)cc1. The number of ether oxygens (including phenoxy) is 2. The molecule has 0 aliphatic carbocycles. The molecule has 0 saturated carbocycles. The van der Waals surface area contributed by atoms with Gasteiger partial charge in [-0.1, -0.05) is 12.1 Å². The minimum Gasteiger partial charge on any atom is -0.497 e. The number of benzene rings is 3. The highest BCUT2D eigenvalue weighted by atomic mass is 127. The third-order valence-corrected chi connectivity index (χ3v) is 7.33. The van der Waals surface area contributed by atoms with Gasteiger partial charge >= 0.3 is 0 Å². The largest absolute Gasteiger partial charge is 0.497 e. The summed E-state index contributed by atoms with van der Waals surface area (Å²) < 4.78 is 20.3. The molecule has 0 saturated heterocycles. The number of hydrogen-bond donors (Lipinski definition) is 0. The second-order valence-corrected chi connectivity index (χ2v) is 10.2. The van der Waals surface area contributed by atoms with Gasteiger partial charge in [0.25, 0.3) is 0 Å². The summed E-state index contributed by atoms with van der Waals surface area (Å²) in [5.41, 5.74) is 6.88. The van der Waals surface area contributed by atoms with Gasteiger partial charge in [0, 0.05) is 43.6 Å². The zero-order valence-electron chi connectivity index (χ0n) is 22.0. The standard InChI is InChI=1S/C32H26IN3O3/c1-20-17-24(21(2)36(20)26-11-9-25(33)10-12-26)19-35-32-29(18-34)30(22-5-13-27(37-3)14-6-22)31(39-32)23-7-15-28(38-4)16-8-23/h5-17,19H,1-4H3. The van der Waals surface area contributed by atoms with Gasteiger partial charge in [0.1, 0.15) is 28.9 Å². The smallest absolute Gasteiger partial charge is 0.238 e. The molecule has 2 heterocycles. The maximum atomic E-state index is 10.2. The van der Waals surface area contributed by atoms with Crippen LogP contribution >= 0.6 is 22.6 Å². The molecule has 39 heavy (non-hydrogen) atoms. The van der Waals surface area contributed by atoms with Crippen molar-refractivity contribution in [2.24, 2.45) is 4.99 Å². The van der Waals surface area contributed by atoms with Crippen LogP contribution in [0.25, 0.3) is 28.1 Å². The molecular weight excluding hydrogens is 601 g/mol. The summed E-state index contributed by atoms with van der Waals surface area (Å²) in [6, 6.07) is 27.9. The molecule has 6 nitrogen and oxygen atoms in total. The van der Waals surface area contributed by atoms with Crippen molar-refractivity contribution in [1.82, 2.24) is 4.57 Å². The van der Waals surface area contributed by atoms with E-state index in [0.29, 0.717) is 16.9 Å². The number of rotatable bonds is 7. The summed E-state index contributed by atoms with van der Waals surface area (Å²) in [5.74, 6) is 2.29. The first kappa shape index (κ1) is 26.3. The summed E-state index contributed by atoms with van der Waals surface area (Å²) in [6.07, 6.45) is 1.76. The van der Waals surface area contributed by atoms with Crippen molar-refractivity contribution >= 4 is 34.7 Å². The Morgan fingerprint density at radius 3 is 2.03 bits per heavy atom. The zero-order valence-corrected chi connectivity index (χ0v) is 24.2. The fourth-order valence-electron chi connectivity index (χ4n) is 4.63. The molecule has 0 atom stereocenters. The average Bonchev–Trinajstić information content (AvgIpc) is 3.48. The van der Waals surface area contributed by atoms with E-state index in [-0.39, 0.29) is 5.88 Å². The first-order valence-electron chi connectivity index (χ1n) is 12.3. The number of methoxy groups -OCH3 is 2. The maximum Gasteiger partial charge on any atom is 0.238 e. The molecule has 5 rings (SSSR count). The van der Waals surface area contributed by atoms with Gasteiger partial charge in [-0.3, -0.25) is 0 Å². The van der Waals surface area contributed by atoms with E-state index in [2.05, 4.69) is 77.4 Å². The lowest BCUT2D eigenvalue weighted by Gasteiger charge is -2.09. The van der Waals surface area contributed by atoms with E-state index in [1.807, 2.05) is 48.5 Å². The van der Waals surface area contributed by atoms with E-state index < -0.39 is 0 Å². The normalized spacial score (nSPS) is 11.1. The lowest BCUT2D eigenvalue weighted by atomic mass is 9.98. The van der Waals surface area contributed by atoms with Crippen molar-refractivity contribution in [2.45, 2.75) is 13.8 Å². The Balaban J connectivity index is 1.61. The van der Waals surface area contributed by atoms with Crippen LogP contribution in [0, 0.1) is 28.7 Å². The predicted molar refractivity (Wildman–Crippen MR) is 163 cm³/mol. The Hall–Kier alpha value is -4.29. The van der Waals surface area contributed by atoms with Crippen LogP contribution in [0.3, 0.4) is 0 Å².